The molecule has 0 atom stereocenters. The van der Waals surface area contributed by atoms with E-state index in [9.17, 15) is 9.59 Å². The molecule has 0 saturated heterocycles. The van der Waals surface area contributed by atoms with Gasteiger partial charge in [0, 0.05) is 13.1 Å². The van der Waals surface area contributed by atoms with Crippen molar-refractivity contribution >= 4 is 11.9 Å². The van der Waals surface area contributed by atoms with Crippen LogP contribution < -0.4 is 23.7 Å². The Balaban J connectivity index is 1.67. The second-order valence-electron chi connectivity index (χ2n) is 7.03. The highest BCUT2D eigenvalue weighted by molar-refractivity contribution is 5.93. The zero-order chi connectivity index (χ0) is 23.3. The Bertz CT molecular complexity index is 979. The first-order valence-electron chi connectivity index (χ1n) is 9.94. The summed E-state index contributed by atoms with van der Waals surface area (Å²) in [5, 5.41) is 0. The first kappa shape index (κ1) is 23.1. The van der Waals surface area contributed by atoms with Crippen molar-refractivity contribution in [2.45, 2.75) is 13.0 Å². The van der Waals surface area contributed by atoms with Gasteiger partial charge >= 0.3 is 5.97 Å². The van der Waals surface area contributed by atoms with Crippen LogP contribution in [0.4, 0.5) is 0 Å². The Hall–Kier alpha value is -3.62. The van der Waals surface area contributed by atoms with E-state index in [1.807, 2.05) is 12.1 Å². The molecule has 0 fully saturated rings. The summed E-state index contributed by atoms with van der Waals surface area (Å²) >= 11 is 0. The van der Waals surface area contributed by atoms with Gasteiger partial charge in [-0.05, 0) is 41.8 Å². The van der Waals surface area contributed by atoms with E-state index in [1.54, 1.807) is 19.1 Å². The van der Waals surface area contributed by atoms with Crippen molar-refractivity contribution in [1.29, 1.82) is 0 Å². The molecule has 2 aromatic rings. The summed E-state index contributed by atoms with van der Waals surface area (Å²) in [6.07, 6.45) is 0.669. The molecule has 9 heteroatoms. The van der Waals surface area contributed by atoms with Gasteiger partial charge in [-0.1, -0.05) is 0 Å². The summed E-state index contributed by atoms with van der Waals surface area (Å²) in [5.74, 6) is 1.32. The molecule has 1 amide bonds. The lowest BCUT2D eigenvalue weighted by Crippen LogP contribution is -2.38. The summed E-state index contributed by atoms with van der Waals surface area (Å²) in [4.78, 5) is 26.9. The second-order valence-corrected chi connectivity index (χ2v) is 7.03. The summed E-state index contributed by atoms with van der Waals surface area (Å²) in [7, 11) is 7.53. The van der Waals surface area contributed by atoms with E-state index in [0.717, 1.165) is 11.1 Å². The van der Waals surface area contributed by atoms with Crippen LogP contribution >= 0.6 is 0 Å². The first-order chi connectivity index (χ1) is 15.4. The van der Waals surface area contributed by atoms with Crippen LogP contribution in [0.3, 0.4) is 0 Å². The third kappa shape index (κ3) is 4.66. The molecule has 0 saturated carbocycles. The molecule has 1 heterocycles. The number of hydrogen-bond donors (Lipinski definition) is 0. The van der Waals surface area contributed by atoms with Crippen LogP contribution in [0.5, 0.6) is 28.7 Å². The van der Waals surface area contributed by atoms with E-state index in [4.69, 9.17) is 28.4 Å². The minimum Gasteiger partial charge on any atom is -0.493 e. The number of carbonyl (C=O) groups excluding carboxylic acids is 2. The fourth-order valence-electron chi connectivity index (χ4n) is 3.60. The van der Waals surface area contributed by atoms with E-state index < -0.39 is 5.97 Å². The Labute approximate surface area is 186 Å². The predicted molar refractivity (Wildman–Crippen MR) is 115 cm³/mol. The number of carbonyl (C=O) groups is 2. The van der Waals surface area contributed by atoms with Gasteiger partial charge in [0.05, 0.1) is 41.1 Å². The molecule has 1 aliphatic heterocycles. The highest BCUT2D eigenvalue weighted by Gasteiger charge is 2.24. The highest BCUT2D eigenvalue weighted by Crippen LogP contribution is 2.38. The van der Waals surface area contributed by atoms with Crippen LogP contribution in [-0.4, -0.2) is 65.5 Å². The third-order valence-corrected chi connectivity index (χ3v) is 5.30. The van der Waals surface area contributed by atoms with E-state index in [2.05, 4.69) is 0 Å². The maximum absolute atomic E-state index is 12.7. The smallest absolute Gasteiger partial charge is 0.338 e. The average molecular weight is 445 g/mol. The largest absolute Gasteiger partial charge is 0.493 e. The van der Waals surface area contributed by atoms with E-state index >= 15 is 0 Å². The second kappa shape index (κ2) is 10.1. The lowest BCUT2D eigenvalue weighted by Gasteiger charge is -2.29. The molecule has 0 spiro atoms. The molecule has 1 aliphatic rings. The number of nitrogens with zero attached hydrogens (tertiary/aromatic N) is 1. The van der Waals surface area contributed by atoms with Crippen molar-refractivity contribution in [3.63, 3.8) is 0 Å². The zero-order valence-corrected chi connectivity index (χ0v) is 18.9. The fraction of sp³-hybridized carbons (Fsp3) is 0.391. The molecular weight excluding hydrogens is 418 g/mol. The summed E-state index contributed by atoms with van der Waals surface area (Å²) < 4.78 is 31.7. The molecule has 0 unspecified atom stereocenters. The van der Waals surface area contributed by atoms with Crippen molar-refractivity contribution in [3.8, 4) is 28.7 Å². The number of methoxy groups -OCH3 is 5. The maximum Gasteiger partial charge on any atom is 0.338 e. The molecule has 0 N–H and O–H groups in total. The normalized spacial score (nSPS) is 12.5. The van der Waals surface area contributed by atoms with Crippen LogP contribution in [0.15, 0.2) is 24.3 Å². The van der Waals surface area contributed by atoms with Crippen molar-refractivity contribution in [2.75, 3.05) is 48.7 Å². The number of esters is 1. The first-order valence-corrected chi connectivity index (χ1v) is 9.94. The molecule has 3 rings (SSSR count). The number of hydrogen-bond acceptors (Lipinski definition) is 8. The number of ether oxygens (including phenoxy) is 6. The summed E-state index contributed by atoms with van der Waals surface area (Å²) in [6, 6.07) is 6.76. The molecule has 9 nitrogen and oxygen atoms in total. The van der Waals surface area contributed by atoms with Gasteiger partial charge in [-0.2, -0.15) is 0 Å². The number of benzene rings is 2. The quantitative estimate of drug-likeness (QED) is 0.572. The predicted octanol–water partition coefficient (Wildman–Crippen LogP) is 2.47. The van der Waals surface area contributed by atoms with Crippen LogP contribution in [0.2, 0.25) is 0 Å². The third-order valence-electron chi connectivity index (χ3n) is 5.30. The minimum absolute atomic E-state index is 0.188. The molecule has 32 heavy (non-hydrogen) atoms. The SMILES string of the molecule is COc1cc2c(cc1OC)CN(C(=O)COC(=O)c1cc(OC)c(OC)c(OC)c1)CC2. The van der Waals surface area contributed by atoms with Gasteiger partial charge in [0.25, 0.3) is 5.91 Å². The van der Waals surface area contributed by atoms with E-state index in [0.29, 0.717) is 48.3 Å². The maximum atomic E-state index is 12.7. The Morgan fingerprint density at radius 2 is 1.34 bits per heavy atom. The number of rotatable bonds is 8. The molecule has 2 aromatic carbocycles. The molecule has 0 aromatic heterocycles. The topological polar surface area (TPSA) is 92.8 Å². The van der Waals surface area contributed by atoms with Crippen molar-refractivity contribution < 1.29 is 38.0 Å². The molecule has 0 aliphatic carbocycles. The van der Waals surface area contributed by atoms with Crippen LogP contribution in [-0.2, 0) is 22.5 Å². The minimum atomic E-state index is -0.665. The Morgan fingerprint density at radius 1 is 0.781 bits per heavy atom. The van der Waals surface area contributed by atoms with Gasteiger partial charge in [0.2, 0.25) is 5.75 Å². The van der Waals surface area contributed by atoms with Crippen LogP contribution in [0.25, 0.3) is 0 Å². The van der Waals surface area contributed by atoms with Gasteiger partial charge in [-0.3, -0.25) is 4.79 Å². The summed E-state index contributed by atoms with van der Waals surface area (Å²) in [6.45, 7) is 0.539. The van der Waals surface area contributed by atoms with E-state index in [-0.39, 0.29) is 18.1 Å². The van der Waals surface area contributed by atoms with Gasteiger partial charge in [0.15, 0.2) is 29.6 Å². The molecule has 0 bridgehead atoms. The van der Waals surface area contributed by atoms with Crippen LogP contribution in [0, 0.1) is 0 Å². The molecule has 172 valence electrons. The average Bonchev–Trinajstić information content (AvgIpc) is 2.84. The highest BCUT2D eigenvalue weighted by atomic mass is 16.5. The molecule has 0 radical (unpaired) electrons. The van der Waals surface area contributed by atoms with Gasteiger partial charge in [-0.15, -0.1) is 0 Å². The monoisotopic (exact) mass is 445 g/mol. The number of fused-ring (bicyclic) bond motifs is 1. The standard InChI is InChI=1S/C23H27NO8/c1-27-17-8-14-6-7-24(12-16(14)11-18(17)28-2)21(25)13-32-23(26)15-9-19(29-3)22(31-5)20(10-15)30-4/h8-11H,6-7,12-13H2,1-5H3. The molecular formula is C23H27NO8. The van der Waals surface area contributed by atoms with Gasteiger partial charge in [-0.25, -0.2) is 4.79 Å². The van der Waals surface area contributed by atoms with Crippen molar-refractivity contribution in [2.24, 2.45) is 0 Å². The Kier molecular flexibility index (Phi) is 7.29. The van der Waals surface area contributed by atoms with Gasteiger partial charge < -0.3 is 33.3 Å². The lowest BCUT2D eigenvalue weighted by molar-refractivity contribution is -0.135. The van der Waals surface area contributed by atoms with Gasteiger partial charge in [0.1, 0.15) is 0 Å². The summed E-state index contributed by atoms with van der Waals surface area (Å²) in [5.41, 5.74) is 2.26. The Morgan fingerprint density at radius 3 is 1.88 bits per heavy atom. The van der Waals surface area contributed by atoms with Crippen LogP contribution in [0.1, 0.15) is 21.5 Å². The lowest BCUT2D eigenvalue weighted by atomic mass is 9.99. The van der Waals surface area contributed by atoms with Crippen molar-refractivity contribution in [1.82, 2.24) is 4.90 Å². The number of amides is 1. The van der Waals surface area contributed by atoms with Crippen molar-refractivity contribution in [3.05, 3.63) is 41.0 Å². The fourth-order valence-corrected chi connectivity index (χ4v) is 3.60. The zero-order valence-electron chi connectivity index (χ0n) is 18.9. The van der Waals surface area contributed by atoms with E-state index in [1.165, 1.54) is 33.5 Å².